The third-order valence-corrected chi connectivity index (χ3v) is 3.65. The molecule has 0 saturated heterocycles. The molecule has 1 aromatic heterocycles. The van der Waals surface area contributed by atoms with Crippen LogP contribution in [0, 0.1) is 19.3 Å². The number of rotatable bonds is 2. The third-order valence-electron chi connectivity index (χ3n) is 3.65. The Kier molecular flexibility index (Phi) is 2.82. The Morgan fingerprint density at radius 3 is 2.50 bits per heavy atom. The van der Waals surface area contributed by atoms with E-state index >= 15 is 0 Å². The number of nitrogens with zero attached hydrogens (tertiary/aromatic N) is 3. The van der Waals surface area contributed by atoms with Gasteiger partial charge >= 0.3 is 0 Å². The lowest BCUT2D eigenvalue weighted by Crippen LogP contribution is -2.31. The minimum absolute atomic E-state index is 0.335. The minimum atomic E-state index is 0.335. The molecule has 1 N–H and O–H groups in total. The summed E-state index contributed by atoms with van der Waals surface area (Å²) in [6.45, 7) is 8.49. The summed E-state index contributed by atoms with van der Waals surface area (Å²) >= 11 is 0. The summed E-state index contributed by atoms with van der Waals surface area (Å²) in [7, 11) is 0. The lowest BCUT2D eigenvalue weighted by Gasteiger charge is -2.27. The van der Waals surface area contributed by atoms with Crippen LogP contribution < -0.4 is 5.32 Å². The van der Waals surface area contributed by atoms with Crippen LogP contribution in [0.5, 0.6) is 0 Å². The Labute approximate surface area is 96.9 Å². The van der Waals surface area contributed by atoms with Crippen LogP contribution in [0.4, 0.5) is 5.95 Å². The van der Waals surface area contributed by atoms with E-state index in [1.54, 1.807) is 0 Å². The molecular weight excluding hydrogens is 200 g/mol. The van der Waals surface area contributed by atoms with Gasteiger partial charge in [0.2, 0.25) is 5.95 Å². The summed E-state index contributed by atoms with van der Waals surface area (Å²) in [5.74, 6) is 0.670. The van der Waals surface area contributed by atoms with Crippen LogP contribution in [0.3, 0.4) is 0 Å². The molecule has 4 heteroatoms. The van der Waals surface area contributed by atoms with Crippen molar-refractivity contribution in [1.82, 2.24) is 15.2 Å². The van der Waals surface area contributed by atoms with E-state index in [0.717, 1.165) is 11.4 Å². The van der Waals surface area contributed by atoms with Crippen molar-refractivity contribution in [2.24, 2.45) is 5.41 Å². The van der Waals surface area contributed by atoms with Crippen molar-refractivity contribution in [3.63, 3.8) is 0 Å². The Morgan fingerprint density at radius 1 is 1.19 bits per heavy atom. The monoisotopic (exact) mass is 220 g/mol. The topological polar surface area (TPSA) is 50.7 Å². The Morgan fingerprint density at radius 2 is 1.94 bits per heavy atom. The summed E-state index contributed by atoms with van der Waals surface area (Å²) < 4.78 is 0. The van der Waals surface area contributed by atoms with Gasteiger partial charge in [-0.2, -0.15) is 5.10 Å². The smallest absolute Gasteiger partial charge is 0.243 e. The molecule has 0 amide bonds. The molecule has 88 valence electrons. The van der Waals surface area contributed by atoms with Gasteiger partial charge in [0.25, 0.3) is 0 Å². The molecule has 1 heterocycles. The quantitative estimate of drug-likeness (QED) is 0.832. The Bertz CT molecular complexity index is 387. The summed E-state index contributed by atoms with van der Waals surface area (Å²) in [6.07, 6.45) is 3.75. The maximum Gasteiger partial charge on any atom is 0.243 e. The molecule has 0 bridgehead atoms. The fraction of sp³-hybridized carbons (Fsp3) is 0.750. The zero-order valence-corrected chi connectivity index (χ0v) is 10.5. The van der Waals surface area contributed by atoms with Gasteiger partial charge in [-0.3, -0.25) is 0 Å². The molecule has 0 radical (unpaired) electrons. The SMILES string of the molecule is Cc1nnc(NC2CCCC2(C)C)nc1C. The van der Waals surface area contributed by atoms with Gasteiger partial charge in [-0.15, -0.1) is 5.10 Å². The van der Waals surface area contributed by atoms with Crippen LogP contribution in [0.2, 0.25) is 0 Å². The molecule has 1 aliphatic carbocycles. The lowest BCUT2D eigenvalue weighted by atomic mass is 9.87. The molecule has 0 aliphatic heterocycles. The highest BCUT2D eigenvalue weighted by Gasteiger charge is 2.34. The van der Waals surface area contributed by atoms with Crippen molar-refractivity contribution in [2.75, 3.05) is 5.32 Å². The fourth-order valence-electron chi connectivity index (χ4n) is 2.27. The molecular formula is C12H20N4. The number of aromatic nitrogens is 3. The summed E-state index contributed by atoms with van der Waals surface area (Å²) in [5.41, 5.74) is 2.19. The van der Waals surface area contributed by atoms with Gasteiger partial charge in [0.15, 0.2) is 0 Å². The van der Waals surface area contributed by atoms with Gasteiger partial charge < -0.3 is 5.32 Å². The highest BCUT2D eigenvalue weighted by Crippen LogP contribution is 2.38. The highest BCUT2D eigenvalue weighted by molar-refractivity contribution is 5.28. The zero-order valence-electron chi connectivity index (χ0n) is 10.5. The number of anilines is 1. The summed E-state index contributed by atoms with van der Waals surface area (Å²) in [4.78, 5) is 4.42. The maximum atomic E-state index is 4.42. The van der Waals surface area contributed by atoms with Crippen LogP contribution in [0.1, 0.15) is 44.5 Å². The third kappa shape index (κ3) is 2.15. The minimum Gasteiger partial charge on any atom is -0.350 e. The number of aryl methyl sites for hydroxylation is 2. The molecule has 1 saturated carbocycles. The molecule has 2 rings (SSSR count). The molecule has 0 aromatic carbocycles. The van der Waals surface area contributed by atoms with Crippen molar-refractivity contribution in [3.05, 3.63) is 11.4 Å². The van der Waals surface area contributed by atoms with Gasteiger partial charge in [0.1, 0.15) is 0 Å². The van der Waals surface area contributed by atoms with Gasteiger partial charge in [0.05, 0.1) is 11.4 Å². The van der Waals surface area contributed by atoms with Gasteiger partial charge in [-0.1, -0.05) is 20.3 Å². The summed E-state index contributed by atoms with van der Waals surface area (Å²) in [6, 6.07) is 0.469. The first-order valence-corrected chi connectivity index (χ1v) is 5.93. The molecule has 16 heavy (non-hydrogen) atoms. The van der Waals surface area contributed by atoms with Crippen molar-refractivity contribution >= 4 is 5.95 Å². The van der Waals surface area contributed by atoms with Crippen LogP contribution in [-0.4, -0.2) is 21.2 Å². The lowest BCUT2D eigenvalue weighted by molar-refractivity contribution is 0.348. The molecule has 1 unspecified atom stereocenters. The van der Waals surface area contributed by atoms with Crippen molar-refractivity contribution in [1.29, 1.82) is 0 Å². The van der Waals surface area contributed by atoms with Crippen LogP contribution >= 0.6 is 0 Å². The molecule has 0 spiro atoms. The first kappa shape index (κ1) is 11.3. The number of hydrogen-bond acceptors (Lipinski definition) is 4. The van der Waals surface area contributed by atoms with E-state index in [0.29, 0.717) is 17.4 Å². The van der Waals surface area contributed by atoms with Gasteiger partial charge in [-0.05, 0) is 32.1 Å². The zero-order chi connectivity index (χ0) is 11.8. The van der Waals surface area contributed by atoms with E-state index in [9.17, 15) is 0 Å². The molecule has 4 nitrogen and oxygen atoms in total. The Hall–Kier alpha value is -1.19. The van der Waals surface area contributed by atoms with E-state index in [1.807, 2.05) is 13.8 Å². The average molecular weight is 220 g/mol. The molecule has 1 fully saturated rings. The highest BCUT2D eigenvalue weighted by atomic mass is 15.2. The molecule has 1 aliphatic rings. The van der Waals surface area contributed by atoms with E-state index in [2.05, 4.69) is 34.3 Å². The first-order valence-electron chi connectivity index (χ1n) is 5.93. The normalized spacial score (nSPS) is 23.4. The Balaban J connectivity index is 2.12. The first-order chi connectivity index (χ1) is 7.49. The van der Waals surface area contributed by atoms with Crippen LogP contribution in [-0.2, 0) is 0 Å². The second kappa shape index (κ2) is 4.00. The van der Waals surface area contributed by atoms with E-state index in [1.165, 1.54) is 19.3 Å². The number of nitrogens with one attached hydrogen (secondary N) is 1. The van der Waals surface area contributed by atoms with Gasteiger partial charge in [-0.25, -0.2) is 4.98 Å². The van der Waals surface area contributed by atoms with Gasteiger partial charge in [0, 0.05) is 6.04 Å². The van der Waals surface area contributed by atoms with E-state index in [4.69, 9.17) is 0 Å². The molecule has 1 aromatic rings. The van der Waals surface area contributed by atoms with E-state index in [-0.39, 0.29) is 0 Å². The second-order valence-corrected chi connectivity index (χ2v) is 5.38. The fourth-order valence-corrected chi connectivity index (χ4v) is 2.27. The molecule has 1 atom stereocenters. The largest absolute Gasteiger partial charge is 0.350 e. The standard InChI is InChI=1S/C12H20N4/c1-8-9(2)15-16-11(13-8)14-10-6-5-7-12(10,3)4/h10H,5-7H2,1-4H3,(H,13,14,16). The van der Waals surface area contributed by atoms with Crippen molar-refractivity contribution in [2.45, 2.75) is 53.0 Å². The predicted octanol–water partition coefficient (Wildman–Crippen LogP) is 2.48. The predicted molar refractivity (Wildman–Crippen MR) is 64.3 cm³/mol. The summed E-state index contributed by atoms with van der Waals surface area (Å²) in [5, 5.41) is 11.6. The van der Waals surface area contributed by atoms with Crippen molar-refractivity contribution in [3.8, 4) is 0 Å². The maximum absolute atomic E-state index is 4.42. The van der Waals surface area contributed by atoms with Crippen molar-refractivity contribution < 1.29 is 0 Å². The van der Waals surface area contributed by atoms with Crippen LogP contribution in [0.15, 0.2) is 0 Å². The van der Waals surface area contributed by atoms with Crippen LogP contribution in [0.25, 0.3) is 0 Å². The number of hydrogen-bond donors (Lipinski definition) is 1. The van der Waals surface area contributed by atoms with E-state index < -0.39 is 0 Å². The second-order valence-electron chi connectivity index (χ2n) is 5.38. The average Bonchev–Trinajstić information content (AvgIpc) is 2.52.